The van der Waals surface area contributed by atoms with E-state index in [1.807, 2.05) is 0 Å². The lowest BCUT2D eigenvalue weighted by molar-refractivity contribution is -0.118. The maximum atomic E-state index is 11.7. The number of H-pyrrole nitrogens is 1. The van der Waals surface area contributed by atoms with E-state index in [4.69, 9.17) is 0 Å². The normalized spacial score (nSPS) is 11.4. The quantitative estimate of drug-likeness (QED) is 0.611. The fourth-order valence-corrected chi connectivity index (χ4v) is 3.51. The number of carbonyl (C=O) groups is 1. The summed E-state index contributed by atoms with van der Waals surface area (Å²) in [5, 5.41) is 2.46. The molecule has 17 heavy (non-hydrogen) atoms. The van der Waals surface area contributed by atoms with Gasteiger partial charge < -0.3 is 10.3 Å². The molecule has 3 N–H and O–H groups in total. The highest BCUT2D eigenvalue weighted by Crippen LogP contribution is 2.14. The van der Waals surface area contributed by atoms with Crippen LogP contribution in [-0.2, 0) is 14.8 Å². The number of hydrogen-bond donors (Lipinski definition) is 3. The van der Waals surface area contributed by atoms with Crippen molar-refractivity contribution in [1.29, 1.82) is 0 Å². The van der Waals surface area contributed by atoms with Crippen LogP contribution in [0.5, 0.6) is 0 Å². The number of aryl methyl sites for hydroxylation is 1. The van der Waals surface area contributed by atoms with Crippen LogP contribution in [0, 0.1) is 6.92 Å². The average molecular weight is 279 g/mol. The third kappa shape index (κ3) is 3.95. The summed E-state index contributed by atoms with van der Waals surface area (Å²) in [6, 6.07) is 0. The molecule has 1 rings (SSSR count). The molecule has 0 spiro atoms. The van der Waals surface area contributed by atoms with E-state index in [2.05, 4.69) is 15.0 Å². The van der Waals surface area contributed by atoms with Crippen molar-refractivity contribution in [2.24, 2.45) is 0 Å². The van der Waals surface area contributed by atoms with E-state index >= 15 is 0 Å². The Kier molecular flexibility index (Phi) is 4.43. The number of nitrogens with one attached hydrogen (secondary N) is 3. The maximum Gasteiger partial charge on any atom is 0.305 e. The fourth-order valence-electron chi connectivity index (χ4n) is 1.14. The van der Waals surface area contributed by atoms with Gasteiger partial charge in [0.05, 0.1) is 0 Å². The highest BCUT2D eigenvalue weighted by atomic mass is 32.2. The van der Waals surface area contributed by atoms with E-state index in [-0.39, 0.29) is 23.2 Å². The number of sulfonamides is 1. The van der Waals surface area contributed by atoms with E-state index in [1.54, 1.807) is 0 Å². The molecule has 1 aromatic rings. The molecule has 0 saturated carbocycles. The Hall–Kier alpha value is -1.19. The molecule has 1 heterocycles. The smallest absolute Gasteiger partial charge is 0.305 e. The standard InChI is InChI=1S/C8H13N3O4S2/c1-5-7(16-8(13)11-5)17(14,15)10-4-3-9-6(2)12/h10H,3-4H2,1-2H3,(H,9,12)(H,11,13). The van der Waals surface area contributed by atoms with Gasteiger partial charge in [0.15, 0.2) is 4.21 Å². The van der Waals surface area contributed by atoms with Gasteiger partial charge in [-0.05, 0) is 6.92 Å². The molecule has 0 unspecified atom stereocenters. The second-order valence-electron chi connectivity index (χ2n) is 3.31. The summed E-state index contributed by atoms with van der Waals surface area (Å²) in [7, 11) is -3.68. The van der Waals surface area contributed by atoms with Gasteiger partial charge in [0, 0.05) is 25.7 Å². The number of amides is 1. The van der Waals surface area contributed by atoms with Gasteiger partial charge >= 0.3 is 4.87 Å². The van der Waals surface area contributed by atoms with Crippen molar-refractivity contribution in [3.63, 3.8) is 0 Å². The van der Waals surface area contributed by atoms with Crippen molar-refractivity contribution in [2.75, 3.05) is 13.1 Å². The molecule has 9 heteroatoms. The van der Waals surface area contributed by atoms with Crippen LogP contribution in [0.1, 0.15) is 12.6 Å². The zero-order valence-electron chi connectivity index (χ0n) is 9.36. The van der Waals surface area contributed by atoms with E-state index in [0.717, 1.165) is 0 Å². The van der Waals surface area contributed by atoms with Gasteiger partial charge in [0.25, 0.3) is 10.0 Å². The number of aromatic amines is 1. The van der Waals surface area contributed by atoms with Gasteiger partial charge in [-0.1, -0.05) is 11.3 Å². The second-order valence-corrected chi connectivity index (χ2v) is 6.25. The SMILES string of the molecule is CC(=O)NCCNS(=O)(=O)c1sc(=O)[nH]c1C. The molecule has 0 aliphatic heterocycles. The van der Waals surface area contributed by atoms with Crippen LogP contribution < -0.4 is 14.9 Å². The average Bonchev–Trinajstić information content (AvgIpc) is 2.53. The predicted octanol–water partition coefficient (Wildman–Crippen LogP) is -0.841. The molecule has 0 radical (unpaired) electrons. The highest BCUT2D eigenvalue weighted by molar-refractivity contribution is 7.91. The van der Waals surface area contributed by atoms with Gasteiger partial charge in [0.1, 0.15) is 0 Å². The first kappa shape index (κ1) is 13.9. The minimum absolute atomic E-state index is 0.0228. The van der Waals surface area contributed by atoms with Crippen LogP contribution in [0.15, 0.2) is 9.00 Å². The molecule has 1 aromatic heterocycles. The van der Waals surface area contributed by atoms with E-state index in [0.29, 0.717) is 17.0 Å². The number of carbonyl (C=O) groups excluding carboxylic acids is 1. The van der Waals surface area contributed by atoms with E-state index < -0.39 is 14.9 Å². The molecule has 0 atom stereocenters. The summed E-state index contributed by atoms with van der Waals surface area (Å²) < 4.78 is 25.7. The molecule has 0 fully saturated rings. The van der Waals surface area contributed by atoms with E-state index in [1.165, 1.54) is 13.8 Å². The van der Waals surface area contributed by atoms with Gasteiger partial charge in [-0.3, -0.25) is 9.59 Å². The van der Waals surface area contributed by atoms with Crippen molar-refractivity contribution in [3.05, 3.63) is 15.4 Å². The van der Waals surface area contributed by atoms with Crippen LogP contribution in [0.2, 0.25) is 0 Å². The molecule has 0 aromatic carbocycles. The highest BCUT2D eigenvalue weighted by Gasteiger charge is 2.19. The Morgan fingerprint density at radius 2 is 2.06 bits per heavy atom. The summed E-state index contributed by atoms with van der Waals surface area (Å²) in [4.78, 5) is 23.5. The Bertz CT molecular complexity index is 558. The number of thiazole rings is 1. The van der Waals surface area contributed by atoms with Crippen LogP contribution in [0.4, 0.5) is 0 Å². The monoisotopic (exact) mass is 279 g/mol. The first-order valence-corrected chi connectivity index (χ1v) is 7.06. The first-order chi connectivity index (χ1) is 7.83. The zero-order chi connectivity index (χ0) is 13.1. The van der Waals surface area contributed by atoms with Crippen molar-refractivity contribution in [1.82, 2.24) is 15.0 Å². The number of hydrogen-bond acceptors (Lipinski definition) is 5. The maximum absolute atomic E-state index is 11.7. The van der Waals surface area contributed by atoms with Crippen molar-refractivity contribution < 1.29 is 13.2 Å². The Morgan fingerprint density at radius 3 is 2.53 bits per heavy atom. The minimum Gasteiger partial charge on any atom is -0.355 e. The van der Waals surface area contributed by atoms with Gasteiger partial charge in [-0.25, -0.2) is 13.1 Å². The predicted molar refractivity (Wildman–Crippen MR) is 63.5 cm³/mol. The largest absolute Gasteiger partial charge is 0.355 e. The lowest BCUT2D eigenvalue weighted by atomic mass is 10.6. The molecule has 0 aliphatic carbocycles. The lowest BCUT2D eigenvalue weighted by Crippen LogP contribution is -2.33. The Balaban J connectivity index is 2.67. The summed E-state index contributed by atoms with van der Waals surface area (Å²) in [5.41, 5.74) is 0.312. The van der Waals surface area contributed by atoms with Gasteiger partial charge in [0.2, 0.25) is 5.91 Å². The van der Waals surface area contributed by atoms with Gasteiger partial charge in [-0.2, -0.15) is 0 Å². The molecule has 0 bridgehead atoms. The second kappa shape index (κ2) is 5.43. The molecule has 0 saturated heterocycles. The first-order valence-electron chi connectivity index (χ1n) is 4.77. The lowest BCUT2D eigenvalue weighted by Gasteiger charge is -2.05. The Morgan fingerprint density at radius 1 is 1.41 bits per heavy atom. The molecular formula is C8H13N3O4S2. The van der Waals surface area contributed by atoms with Crippen molar-refractivity contribution in [3.8, 4) is 0 Å². The summed E-state index contributed by atoms with van der Waals surface area (Å²) in [6.07, 6.45) is 0. The topological polar surface area (TPSA) is 108 Å². The van der Waals surface area contributed by atoms with Crippen LogP contribution >= 0.6 is 11.3 Å². The molecular weight excluding hydrogens is 266 g/mol. The van der Waals surface area contributed by atoms with Gasteiger partial charge in [-0.15, -0.1) is 0 Å². The molecule has 1 amide bonds. The summed E-state index contributed by atoms with van der Waals surface area (Å²) in [5.74, 6) is -0.230. The van der Waals surface area contributed by atoms with Crippen LogP contribution in [0.25, 0.3) is 0 Å². The summed E-state index contributed by atoms with van der Waals surface area (Å²) in [6.45, 7) is 3.14. The Labute approximate surface area is 102 Å². The van der Waals surface area contributed by atoms with Crippen molar-refractivity contribution in [2.45, 2.75) is 18.1 Å². The van der Waals surface area contributed by atoms with E-state index in [9.17, 15) is 18.0 Å². The third-order valence-electron chi connectivity index (χ3n) is 1.82. The molecule has 7 nitrogen and oxygen atoms in total. The fraction of sp³-hybridized carbons (Fsp3) is 0.500. The number of rotatable bonds is 5. The van der Waals surface area contributed by atoms with Crippen LogP contribution in [0.3, 0.4) is 0 Å². The van der Waals surface area contributed by atoms with Crippen molar-refractivity contribution >= 4 is 27.3 Å². The molecule has 96 valence electrons. The summed E-state index contributed by atoms with van der Waals surface area (Å²) >= 11 is 0.637. The number of aromatic nitrogens is 1. The molecule has 0 aliphatic rings. The minimum atomic E-state index is -3.68. The third-order valence-corrected chi connectivity index (χ3v) is 4.88. The van der Waals surface area contributed by atoms with Crippen LogP contribution in [-0.4, -0.2) is 32.4 Å². The zero-order valence-corrected chi connectivity index (χ0v) is 11.0.